The van der Waals surface area contributed by atoms with Crippen LogP contribution in [0, 0.1) is 11.8 Å². The molecule has 2 amide bonds. The fourth-order valence-corrected chi connectivity index (χ4v) is 5.19. The first-order chi connectivity index (χ1) is 12.5. The molecular formula is C21H16NO4-. The van der Waals surface area contributed by atoms with Crippen LogP contribution in [0.1, 0.15) is 41.0 Å². The number of nitrogens with zero attached hydrogens (tertiary/aromatic N) is 1. The predicted octanol–water partition coefficient (Wildman–Crippen LogP) is 1.02. The van der Waals surface area contributed by atoms with Crippen molar-refractivity contribution in [2.24, 2.45) is 11.8 Å². The third-order valence-corrected chi connectivity index (χ3v) is 6.21. The summed E-state index contributed by atoms with van der Waals surface area (Å²) in [6, 6.07) is 14.6. The molecule has 1 aliphatic heterocycles. The minimum atomic E-state index is -1.41. The summed E-state index contributed by atoms with van der Waals surface area (Å²) >= 11 is 0. The number of amides is 2. The van der Waals surface area contributed by atoms with Gasteiger partial charge in [0.1, 0.15) is 0 Å². The highest BCUT2D eigenvalue weighted by Gasteiger charge is 2.62. The van der Waals surface area contributed by atoms with Crippen LogP contribution in [-0.2, 0) is 14.4 Å². The van der Waals surface area contributed by atoms with Crippen molar-refractivity contribution in [2.45, 2.75) is 24.8 Å². The Morgan fingerprint density at radius 3 is 1.50 bits per heavy atom. The summed E-state index contributed by atoms with van der Waals surface area (Å²) in [4.78, 5) is 38.5. The summed E-state index contributed by atoms with van der Waals surface area (Å²) in [5.74, 6) is -3.71. The SMILES string of the molecule is C[C@H](C(=O)[O-])N1C(=O)[C@@H]2C3c4ccccc4C(c4ccccc43)[C@@H]2C1=O. The van der Waals surface area contributed by atoms with Gasteiger partial charge in [-0.3, -0.25) is 14.5 Å². The average molecular weight is 346 g/mol. The summed E-state index contributed by atoms with van der Waals surface area (Å²) in [7, 11) is 0. The van der Waals surface area contributed by atoms with Crippen molar-refractivity contribution in [1.29, 1.82) is 0 Å². The lowest BCUT2D eigenvalue weighted by Gasteiger charge is -2.45. The van der Waals surface area contributed by atoms with Gasteiger partial charge in [0, 0.05) is 11.8 Å². The van der Waals surface area contributed by atoms with Crippen molar-refractivity contribution in [3.05, 3.63) is 70.8 Å². The topological polar surface area (TPSA) is 77.5 Å². The van der Waals surface area contributed by atoms with E-state index in [-0.39, 0.29) is 11.8 Å². The Kier molecular flexibility index (Phi) is 2.97. The first kappa shape index (κ1) is 15.3. The molecule has 5 heteroatoms. The van der Waals surface area contributed by atoms with Crippen LogP contribution >= 0.6 is 0 Å². The maximum atomic E-state index is 13.1. The van der Waals surface area contributed by atoms with Crippen molar-refractivity contribution in [3.63, 3.8) is 0 Å². The molecule has 26 heavy (non-hydrogen) atoms. The molecule has 2 aromatic rings. The second-order valence-electron chi connectivity index (χ2n) is 7.31. The molecule has 2 bridgehead atoms. The molecule has 4 aliphatic rings. The maximum absolute atomic E-state index is 13.1. The van der Waals surface area contributed by atoms with Gasteiger partial charge >= 0.3 is 0 Å². The van der Waals surface area contributed by atoms with E-state index >= 15 is 0 Å². The van der Waals surface area contributed by atoms with E-state index in [0.717, 1.165) is 27.2 Å². The molecule has 130 valence electrons. The highest BCUT2D eigenvalue weighted by molar-refractivity contribution is 6.09. The normalized spacial score (nSPS) is 29.2. The smallest absolute Gasteiger partial charge is 0.234 e. The van der Waals surface area contributed by atoms with Gasteiger partial charge in [-0.2, -0.15) is 0 Å². The zero-order valence-electron chi connectivity index (χ0n) is 14.1. The van der Waals surface area contributed by atoms with E-state index in [2.05, 4.69) is 0 Å². The van der Waals surface area contributed by atoms with Gasteiger partial charge in [0.05, 0.1) is 23.8 Å². The number of carboxylic acid groups (broad SMARTS) is 1. The first-order valence-electron chi connectivity index (χ1n) is 8.77. The molecule has 0 aromatic heterocycles. The Morgan fingerprint density at radius 1 is 0.846 bits per heavy atom. The maximum Gasteiger partial charge on any atom is 0.234 e. The summed E-state index contributed by atoms with van der Waals surface area (Å²) in [6.07, 6.45) is 0. The lowest BCUT2D eigenvalue weighted by molar-refractivity contribution is -0.310. The molecule has 3 aliphatic carbocycles. The van der Waals surface area contributed by atoms with Gasteiger partial charge in [-0.1, -0.05) is 48.5 Å². The van der Waals surface area contributed by atoms with Gasteiger partial charge in [0.2, 0.25) is 11.8 Å². The van der Waals surface area contributed by atoms with E-state index in [9.17, 15) is 19.5 Å². The van der Waals surface area contributed by atoms with Crippen LogP contribution in [0.3, 0.4) is 0 Å². The molecular weight excluding hydrogens is 330 g/mol. The van der Waals surface area contributed by atoms with Crippen LogP contribution in [-0.4, -0.2) is 28.7 Å². The molecule has 1 fully saturated rings. The van der Waals surface area contributed by atoms with Crippen LogP contribution in [0.4, 0.5) is 0 Å². The van der Waals surface area contributed by atoms with Gasteiger partial charge in [0.25, 0.3) is 0 Å². The fraction of sp³-hybridized carbons (Fsp3) is 0.286. The Balaban J connectivity index is 1.74. The number of carboxylic acids is 1. The Morgan fingerprint density at radius 2 is 1.19 bits per heavy atom. The van der Waals surface area contributed by atoms with Crippen LogP contribution in [0.25, 0.3) is 0 Å². The molecule has 1 heterocycles. The standard InChI is InChI=1S/C21H17NO4/c1-10(21(25)26)22-19(23)17-15-11-6-2-3-7-12(11)16(18(17)20(22)24)14-9-5-4-8-13(14)15/h2-10,15-18H,1H3,(H,25,26)/p-1/t10-,15?,16?,17-,18+/m1/s1. The van der Waals surface area contributed by atoms with Crippen molar-refractivity contribution in [1.82, 2.24) is 4.90 Å². The lowest BCUT2D eigenvalue weighted by Crippen LogP contribution is -2.49. The fourth-order valence-electron chi connectivity index (χ4n) is 5.19. The van der Waals surface area contributed by atoms with E-state index in [0.29, 0.717) is 0 Å². The van der Waals surface area contributed by atoms with Crippen molar-refractivity contribution in [2.75, 3.05) is 0 Å². The molecule has 3 atom stereocenters. The van der Waals surface area contributed by atoms with E-state index in [1.54, 1.807) is 0 Å². The number of aliphatic carboxylic acids is 1. The third kappa shape index (κ3) is 1.68. The molecule has 5 nitrogen and oxygen atoms in total. The second kappa shape index (κ2) is 5.04. The minimum Gasteiger partial charge on any atom is -0.548 e. The molecule has 0 unspecified atom stereocenters. The summed E-state index contributed by atoms with van der Waals surface area (Å²) in [6.45, 7) is 1.34. The van der Waals surface area contributed by atoms with E-state index in [1.165, 1.54) is 6.92 Å². The van der Waals surface area contributed by atoms with E-state index < -0.39 is 35.7 Å². The van der Waals surface area contributed by atoms with Gasteiger partial charge in [-0.25, -0.2) is 0 Å². The number of hydrogen-bond donors (Lipinski definition) is 0. The number of rotatable bonds is 2. The van der Waals surface area contributed by atoms with Gasteiger partial charge in [-0.05, 0) is 29.2 Å². The predicted molar refractivity (Wildman–Crippen MR) is 89.9 cm³/mol. The summed E-state index contributed by atoms with van der Waals surface area (Å²) in [5.41, 5.74) is 4.28. The molecule has 1 saturated heterocycles. The average Bonchev–Trinajstić information content (AvgIpc) is 2.92. The quantitative estimate of drug-likeness (QED) is 0.761. The largest absolute Gasteiger partial charge is 0.548 e. The van der Waals surface area contributed by atoms with Gasteiger partial charge < -0.3 is 9.90 Å². The third-order valence-electron chi connectivity index (χ3n) is 6.21. The summed E-state index contributed by atoms with van der Waals surface area (Å²) in [5, 5.41) is 11.3. The van der Waals surface area contributed by atoms with Crippen LogP contribution < -0.4 is 5.11 Å². The van der Waals surface area contributed by atoms with Crippen molar-refractivity contribution < 1.29 is 19.5 Å². The number of imide groups is 1. The number of hydrogen-bond acceptors (Lipinski definition) is 4. The molecule has 0 spiro atoms. The highest BCUT2D eigenvalue weighted by atomic mass is 16.4. The number of likely N-dealkylation sites (tertiary alicyclic amines) is 1. The Labute approximate surface area is 150 Å². The van der Waals surface area contributed by atoms with Gasteiger partial charge in [-0.15, -0.1) is 0 Å². The van der Waals surface area contributed by atoms with E-state index in [4.69, 9.17) is 0 Å². The summed E-state index contributed by atoms with van der Waals surface area (Å²) < 4.78 is 0. The van der Waals surface area contributed by atoms with Gasteiger partial charge in [0.15, 0.2) is 0 Å². The molecule has 0 radical (unpaired) electrons. The first-order valence-corrected chi connectivity index (χ1v) is 8.77. The highest BCUT2D eigenvalue weighted by Crippen LogP contribution is 2.61. The molecule has 2 aromatic carbocycles. The number of carbonyl (C=O) groups is 3. The monoisotopic (exact) mass is 346 g/mol. The molecule has 6 rings (SSSR count). The zero-order valence-corrected chi connectivity index (χ0v) is 14.1. The Hall–Kier alpha value is -2.95. The minimum absolute atomic E-state index is 0.215. The second-order valence-corrected chi connectivity index (χ2v) is 7.31. The van der Waals surface area contributed by atoms with Crippen molar-refractivity contribution >= 4 is 17.8 Å². The zero-order chi connectivity index (χ0) is 18.2. The van der Waals surface area contributed by atoms with Crippen molar-refractivity contribution in [3.8, 4) is 0 Å². The Bertz CT molecular complexity index is 866. The lowest BCUT2D eigenvalue weighted by atomic mass is 9.55. The van der Waals surface area contributed by atoms with E-state index in [1.807, 2.05) is 48.5 Å². The van der Waals surface area contributed by atoms with Crippen LogP contribution in [0.5, 0.6) is 0 Å². The molecule has 0 saturated carbocycles. The molecule has 0 N–H and O–H groups in total. The number of benzene rings is 2. The van der Waals surface area contributed by atoms with Crippen LogP contribution in [0.2, 0.25) is 0 Å². The number of carbonyl (C=O) groups excluding carboxylic acids is 3. The van der Waals surface area contributed by atoms with Crippen LogP contribution in [0.15, 0.2) is 48.5 Å².